The number of carbonyl (C=O) groups excluding carboxylic acids is 1. The van der Waals surface area contributed by atoms with Gasteiger partial charge in [-0.05, 0) is 19.1 Å². The lowest BCUT2D eigenvalue weighted by molar-refractivity contribution is -0.165. The van der Waals surface area contributed by atoms with Crippen molar-refractivity contribution >= 4 is 11.9 Å². The molecule has 0 aromatic carbocycles. The van der Waals surface area contributed by atoms with Crippen molar-refractivity contribution in [2.45, 2.75) is 13.3 Å². The molecule has 1 rings (SSSR count). The molecule has 1 unspecified atom stereocenters. The molecule has 0 saturated carbocycles. The van der Waals surface area contributed by atoms with Crippen LogP contribution in [0.25, 0.3) is 0 Å². The van der Waals surface area contributed by atoms with Crippen molar-refractivity contribution in [3.05, 3.63) is 30.1 Å². The molecule has 0 fully saturated rings. The Hall–Kier alpha value is -1.91. The van der Waals surface area contributed by atoms with Crippen LogP contribution in [-0.4, -0.2) is 29.1 Å². The van der Waals surface area contributed by atoms with E-state index in [1.165, 1.54) is 14.0 Å². The normalized spacial score (nSPS) is 13.9. The van der Waals surface area contributed by atoms with E-state index in [2.05, 4.69) is 9.72 Å². The average molecular weight is 223 g/mol. The Balaban J connectivity index is 2.97. The van der Waals surface area contributed by atoms with Gasteiger partial charge in [-0.1, -0.05) is 6.07 Å². The average Bonchev–Trinajstić information content (AvgIpc) is 2.28. The van der Waals surface area contributed by atoms with E-state index in [9.17, 15) is 9.59 Å². The quantitative estimate of drug-likeness (QED) is 0.606. The van der Waals surface area contributed by atoms with E-state index in [1.54, 1.807) is 24.4 Å². The Kier molecular flexibility index (Phi) is 3.60. The van der Waals surface area contributed by atoms with Crippen molar-refractivity contribution in [3.63, 3.8) is 0 Å². The summed E-state index contributed by atoms with van der Waals surface area (Å²) in [5, 5.41) is 9.07. The highest BCUT2D eigenvalue weighted by Crippen LogP contribution is 2.23. The van der Waals surface area contributed by atoms with Crippen molar-refractivity contribution in [2.75, 3.05) is 7.11 Å². The lowest BCUT2D eigenvalue weighted by atomic mass is 9.85. The Labute approximate surface area is 93.1 Å². The van der Waals surface area contributed by atoms with Crippen LogP contribution in [-0.2, 0) is 20.7 Å². The molecule has 1 aromatic rings. The lowest BCUT2D eigenvalue weighted by Gasteiger charge is -2.20. The first kappa shape index (κ1) is 12.2. The summed E-state index contributed by atoms with van der Waals surface area (Å²) >= 11 is 0. The summed E-state index contributed by atoms with van der Waals surface area (Å²) in [4.78, 5) is 26.5. The molecule has 1 heterocycles. The molecule has 0 aliphatic heterocycles. The van der Waals surface area contributed by atoms with Crippen LogP contribution in [0.15, 0.2) is 24.4 Å². The van der Waals surface area contributed by atoms with E-state index in [4.69, 9.17) is 5.11 Å². The van der Waals surface area contributed by atoms with Crippen molar-refractivity contribution in [1.82, 2.24) is 4.98 Å². The second kappa shape index (κ2) is 4.74. The minimum absolute atomic E-state index is 0.00977. The molecule has 0 spiro atoms. The number of hydrogen-bond donors (Lipinski definition) is 1. The van der Waals surface area contributed by atoms with Gasteiger partial charge in [0.25, 0.3) is 0 Å². The summed E-state index contributed by atoms with van der Waals surface area (Å²) in [5.41, 5.74) is -1.05. The summed E-state index contributed by atoms with van der Waals surface area (Å²) < 4.78 is 4.50. The van der Waals surface area contributed by atoms with Gasteiger partial charge in [-0.15, -0.1) is 0 Å². The second-order valence-corrected chi connectivity index (χ2v) is 3.63. The Morgan fingerprint density at radius 1 is 1.50 bits per heavy atom. The van der Waals surface area contributed by atoms with Crippen LogP contribution >= 0.6 is 0 Å². The van der Waals surface area contributed by atoms with Crippen molar-refractivity contribution < 1.29 is 19.4 Å². The molecule has 16 heavy (non-hydrogen) atoms. The van der Waals surface area contributed by atoms with Crippen LogP contribution in [0.3, 0.4) is 0 Å². The zero-order chi connectivity index (χ0) is 12.2. The van der Waals surface area contributed by atoms with Crippen LogP contribution in [0.4, 0.5) is 0 Å². The van der Waals surface area contributed by atoms with Gasteiger partial charge in [-0.2, -0.15) is 0 Å². The van der Waals surface area contributed by atoms with Crippen LogP contribution in [0.2, 0.25) is 0 Å². The number of aliphatic carboxylic acids is 1. The third kappa shape index (κ3) is 2.36. The smallest absolute Gasteiger partial charge is 0.323 e. The SMILES string of the molecule is COC(=O)C(C)(Cc1ccccn1)C(=O)O. The maximum Gasteiger partial charge on any atom is 0.323 e. The van der Waals surface area contributed by atoms with Crippen LogP contribution in [0.1, 0.15) is 12.6 Å². The molecular formula is C11H13NO4. The number of ether oxygens (including phenoxy) is 1. The highest BCUT2D eigenvalue weighted by atomic mass is 16.5. The molecule has 0 bridgehead atoms. The van der Waals surface area contributed by atoms with E-state index < -0.39 is 17.4 Å². The standard InChI is InChI=1S/C11H13NO4/c1-11(9(13)14,10(15)16-2)7-8-5-3-4-6-12-8/h3-6H,7H2,1-2H3,(H,13,14). The van der Waals surface area contributed by atoms with Crippen molar-refractivity contribution in [3.8, 4) is 0 Å². The molecule has 86 valence electrons. The van der Waals surface area contributed by atoms with Crippen molar-refractivity contribution in [2.24, 2.45) is 5.41 Å². The number of esters is 1. The number of methoxy groups -OCH3 is 1. The predicted octanol–water partition coefficient (Wildman–Crippen LogP) is 0.888. The number of hydrogen-bond acceptors (Lipinski definition) is 4. The minimum atomic E-state index is -1.59. The third-order valence-corrected chi connectivity index (χ3v) is 2.37. The number of aromatic nitrogens is 1. The molecule has 0 radical (unpaired) electrons. The molecule has 0 aliphatic rings. The number of nitrogens with zero attached hydrogens (tertiary/aromatic N) is 1. The topological polar surface area (TPSA) is 76.5 Å². The number of carboxylic acids is 1. The fraction of sp³-hybridized carbons (Fsp3) is 0.364. The van der Waals surface area contributed by atoms with Gasteiger partial charge in [0, 0.05) is 18.3 Å². The van der Waals surface area contributed by atoms with E-state index in [-0.39, 0.29) is 6.42 Å². The molecule has 0 aliphatic carbocycles. The number of carboxylic acid groups (broad SMARTS) is 1. The van der Waals surface area contributed by atoms with Gasteiger partial charge in [-0.3, -0.25) is 14.6 Å². The largest absolute Gasteiger partial charge is 0.480 e. The van der Waals surface area contributed by atoms with E-state index in [1.807, 2.05) is 0 Å². The highest BCUT2D eigenvalue weighted by Gasteiger charge is 2.43. The first-order valence-electron chi connectivity index (χ1n) is 4.72. The van der Waals surface area contributed by atoms with Crippen LogP contribution in [0, 0.1) is 5.41 Å². The summed E-state index contributed by atoms with van der Waals surface area (Å²) in [6.07, 6.45) is 1.56. The molecule has 1 N–H and O–H groups in total. The van der Waals surface area contributed by atoms with Gasteiger partial charge in [0.1, 0.15) is 0 Å². The Morgan fingerprint density at radius 3 is 2.62 bits per heavy atom. The van der Waals surface area contributed by atoms with Crippen LogP contribution in [0.5, 0.6) is 0 Å². The van der Waals surface area contributed by atoms with Gasteiger partial charge in [0.2, 0.25) is 0 Å². The molecule has 5 heteroatoms. The zero-order valence-corrected chi connectivity index (χ0v) is 9.14. The van der Waals surface area contributed by atoms with Gasteiger partial charge in [0.15, 0.2) is 5.41 Å². The molecule has 1 aromatic heterocycles. The number of carbonyl (C=O) groups is 2. The van der Waals surface area contributed by atoms with Crippen LogP contribution < -0.4 is 0 Å². The maximum absolute atomic E-state index is 11.4. The fourth-order valence-electron chi connectivity index (χ4n) is 1.33. The Bertz CT molecular complexity index is 390. The molecular weight excluding hydrogens is 210 g/mol. The summed E-state index contributed by atoms with van der Waals surface area (Å²) in [5.74, 6) is -1.99. The molecule has 5 nitrogen and oxygen atoms in total. The first-order valence-corrected chi connectivity index (χ1v) is 4.72. The molecule has 0 saturated heterocycles. The van der Waals surface area contributed by atoms with E-state index in [0.717, 1.165) is 0 Å². The summed E-state index contributed by atoms with van der Waals surface area (Å²) in [7, 11) is 1.17. The highest BCUT2D eigenvalue weighted by molar-refractivity contribution is 5.98. The fourth-order valence-corrected chi connectivity index (χ4v) is 1.33. The number of rotatable bonds is 4. The summed E-state index contributed by atoms with van der Waals surface area (Å²) in [6, 6.07) is 5.13. The Morgan fingerprint density at radius 2 is 2.19 bits per heavy atom. The molecule has 1 atom stereocenters. The number of pyridine rings is 1. The van der Waals surface area contributed by atoms with Gasteiger partial charge in [0.05, 0.1) is 7.11 Å². The van der Waals surface area contributed by atoms with Gasteiger partial charge >= 0.3 is 11.9 Å². The molecule has 0 amide bonds. The lowest BCUT2D eigenvalue weighted by Crippen LogP contribution is -2.39. The van der Waals surface area contributed by atoms with Gasteiger partial charge in [-0.25, -0.2) is 0 Å². The monoisotopic (exact) mass is 223 g/mol. The second-order valence-electron chi connectivity index (χ2n) is 3.63. The first-order chi connectivity index (χ1) is 7.50. The zero-order valence-electron chi connectivity index (χ0n) is 9.14. The van der Waals surface area contributed by atoms with Crippen molar-refractivity contribution in [1.29, 1.82) is 0 Å². The minimum Gasteiger partial charge on any atom is -0.480 e. The third-order valence-electron chi connectivity index (χ3n) is 2.37. The predicted molar refractivity (Wildman–Crippen MR) is 55.7 cm³/mol. The summed E-state index contributed by atoms with van der Waals surface area (Å²) in [6.45, 7) is 1.33. The van der Waals surface area contributed by atoms with Gasteiger partial charge < -0.3 is 9.84 Å². The van der Waals surface area contributed by atoms with E-state index in [0.29, 0.717) is 5.69 Å². The van der Waals surface area contributed by atoms with E-state index >= 15 is 0 Å². The maximum atomic E-state index is 11.4.